The molecule has 3 heterocycles. The molecular weight excluding hydrogens is 242 g/mol. The second-order valence-corrected chi connectivity index (χ2v) is 5.32. The summed E-state index contributed by atoms with van der Waals surface area (Å²) in [6.45, 7) is 8.37. The van der Waals surface area contributed by atoms with Crippen LogP contribution in [-0.2, 0) is 0 Å². The van der Waals surface area contributed by atoms with Gasteiger partial charge in [0.25, 0.3) is 5.91 Å². The molecule has 0 aromatic carbocycles. The fraction of sp³-hybridized carbons (Fsp3) is 0.571. The fourth-order valence-corrected chi connectivity index (χ4v) is 3.33. The van der Waals surface area contributed by atoms with Crippen molar-refractivity contribution in [1.29, 1.82) is 0 Å². The molecule has 2 atom stereocenters. The van der Waals surface area contributed by atoms with Crippen LogP contribution in [0, 0.1) is 6.92 Å². The van der Waals surface area contributed by atoms with Crippen molar-refractivity contribution >= 4 is 5.91 Å². The molecule has 1 amide bonds. The van der Waals surface area contributed by atoms with Gasteiger partial charge in [-0.3, -0.25) is 9.69 Å². The maximum absolute atomic E-state index is 12.4. The lowest BCUT2D eigenvalue weighted by molar-refractivity contribution is 0.0722. The van der Waals surface area contributed by atoms with E-state index in [9.17, 15) is 4.79 Å². The predicted octanol–water partition coefficient (Wildman–Crippen LogP) is 1.46. The van der Waals surface area contributed by atoms with Crippen LogP contribution < -0.4 is 0 Å². The molecular formula is C14H19N3O2. The Morgan fingerprint density at radius 3 is 3.00 bits per heavy atom. The Bertz CT molecular complexity index is 497. The van der Waals surface area contributed by atoms with Crippen molar-refractivity contribution in [3.8, 4) is 0 Å². The number of likely N-dealkylation sites (tertiary alicyclic amines) is 2. The van der Waals surface area contributed by atoms with E-state index in [1.54, 1.807) is 13.0 Å². The number of aromatic nitrogens is 1. The van der Waals surface area contributed by atoms with Gasteiger partial charge in [0, 0.05) is 37.8 Å². The number of rotatable bonds is 3. The van der Waals surface area contributed by atoms with Crippen molar-refractivity contribution in [3.63, 3.8) is 0 Å². The van der Waals surface area contributed by atoms with Gasteiger partial charge in [0.1, 0.15) is 5.76 Å². The van der Waals surface area contributed by atoms with Crippen LogP contribution in [0.3, 0.4) is 0 Å². The van der Waals surface area contributed by atoms with Crippen molar-refractivity contribution in [2.24, 2.45) is 0 Å². The number of hydrogen-bond acceptors (Lipinski definition) is 4. The molecule has 2 aliphatic heterocycles. The van der Waals surface area contributed by atoms with Gasteiger partial charge < -0.3 is 9.42 Å². The van der Waals surface area contributed by atoms with Gasteiger partial charge in [-0.25, -0.2) is 0 Å². The highest BCUT2D eigenvalue weighted by molar-refractivity contribution is 5.92. The minimum absolute atomic E-state index is 0.00445. The first kappa shape index (κ1) is 12.4. The molecule has 1 aromatic heterocycles. The Hall–Kier alpha value is -1.62. The molecule has 2 aliphatic rings. The fourth-order valence-electron chi connectivity index (χ4n) is 3.33. The zero-order valence-electron chi connectivity index (χ0n) is 11.2. The van der Waals surface area contributed by atoms with Gasteiger partial charge in [0.05, 0.1) is 0 Å². The quantitative estimate of drug-likeness (QED) is 0.773. The Balaban J connectivity index is 1.74. The summed E-state index contributed by atoms with van der Waals surface area (Å²) in [6.07, 6.45) is 4.02. The lowest BCUT2D eigenvalue weighted by Gasteiger charge is -2.24. The van der Waals surface area contributed by atoms with Crippen LogP contribution in [0.25, 0.3) is 0 Å². The molecule has 0 saturated carbocycles. The van der Waals surface area contributed by atoms with Gasteiger partial charge in [-0.2, -0.15) is 0 Å². The van der Waals surface area contributed by atoms with Gasteiger partial charge in [-0.15, -0.1) is 6.58 Å². The molecule has 1 aromatic rings. The lowest BCUT2D eigenvalue weighted by atomic mass is 10.1. The third kappa shape index (κ3) is 2.08. The van der Waals surface area contributed by atoms with E-state index in [1.807, 2.05) is 11.0 Å². The maximum atomic E-state index is 12.4. The minimum Gasteiger partial charge on any atom is -0.361 e. The number of hydrogen-bond donors (Lipinski definition) is 0. The number of carbonyl (C=O) groups is 1. The number of amides is 1. The summed E-state index contributed by atoms with van der Waals surface area (Å²) in [5.41, 5.74) is 0.431. The summed E-state index contributed by atoms with van der Waals surface area (Å²) in [5.74, 6) is 0.684. The summed E-state index contributed by atoms with van der Waals surface area (Å²) in [7, 11) is 0. The molecule has 0 N–H and O–H groups in total. The SMILES string of the molecule is C=CCN1CC[C@H]2[C@@H]1CCN2C(=O)c1cc(C)on1. The molecule has 5 nitrogen and oxygen atoms in total. The van der Waals surface area contributed by atoms with Gasteiger partial charge in [-0.1, -0.05) is 11.2 Å². The zero-order valence-corrected chi connectivity index (χ0v) is 11.2. The summed E-state index contributed by atoms with van der Waals surface area (Å²) < 4.78 is 5.00. The number of nitrogens with zero attached hydrogens (tertiary/aromatic N) is 3. The average Bonchev–Trinajstić information content (AvgIpc) is 3.06. The van der Waals surface area contributed by atoms with Crippen LogP contribution in [0.1, 0.15) is 29.1 Å². The van der Waals surface area contributed by atoms with E-state index in [0.717, 1.165) is 32.5 Å². The van der Waals surface area contributed by atoms with Gasteiger partial charge >= 0.3 is 0 Å². The van der Waals surface area contributed by atoms with E-state index in [0.29, 0.717) is 23.5 Å². The summed E-state index contributed by atoms with van der Waals surface area (Å²) >= 11 is 0. The predicted molar refractivity (Wildman–Crippen MR) is 70.9 cm³/mol. The van der Waals surface area contributed by atoms with E-state index in [4.69, 9.17) is 4.52 Å². The molecule has 0 spiro atoms. The number of aryl methyl sites for hydroxylation is 1. The van der Waals surface area contributed by atoms with E-state index in [2.05, 4.69) is 16.6 Å². The zero-order chi connectivity index (χ0) is 13.4. The number of carbonyl (C=O) groups excluding carboxylic acids is 1. The highest BCUT2D eigenvalue weighted by Crippen LogP contribution is 2.32. The first-order valence-electron chi connectivity index (χ1n) is 6.80. The molecule has 19 heavy (non-hydrogen) atoms. The van der Waals surface area contributed by atoms with Crippen LogP contribution in [0.4, 0.5) is 0 Å². The largest absolute Gasteiger partial charge is 0.361 e. The molecule has 3 rings (SSSR count). The van der Waals surface area contributed by atoms with Crippen LogP contribution in [-0.4, -0.2) is 52.6 Å². The van der Waals surface area contributed by atoms with Crippen LogP contribution >= 0.6 is 0 Å². The van der Waals surface area contributed by atoms with Crippen LogP contribution in [0.15, 0.2) is 23.2 Å². The number of fused-ring (bicyclic) bond motifs is 1. The highest BCUT2D eigenvalue weighted by Gasteiger charge is 2.44. The van der Waals surface area contributed by atoms with Gasteiger partial charge in [0.2, 0.25) is 0 Å². The molecule has 0 unspecified atom stereocenters. The average molecular weight is 261 g/mol. The van der Waals surface area contributed by atoms with Crippen molar-refractivity contribution in [2.45, 2.75) is 31.8 Å². The lowest BCUT2D eigenvalue weighted by Crippen LogP contribution is -2.39. The standard InChI is InChI=1S/C14H19N3O2/c1-3-6-16-7-4-13-12(16)5-8-17(13)14(18)11-9-10(2)19-15-11/h3,9,12-13H,1,4-8H2,2H3/t12-,13-/m0/s1. The van der Waals surface area contributed by atoms with Crippen molar-refractivity contribution in [1.82, 2.24) is 15.0 Å². The van der Waals surface area contributed by atoms with E-state index in [1.165, 1.54) is 0 Å². The minimum atomic E-state index is 0.00445. The highest BCUT2D eigenvalue weighted by atomic mass is 16.5. The normalized spacial score (nSPS) is 26.7. The Morgan fingerprint density at radius 2 is 2.32 bits per heavy atom. The maximum Gasteiger partial charge on any atom is 0.276 e. The second kappa shape index (κ2) is 4.81. The van der Waals surface area contributed by atoms with Crippen LogP contribution in [0.5, 0.6) is 0 Å². The van der Waals surface area contributed by atoms with E-state index >= 15 is 0 Å². The third-order valence-electron chi connectivity index (χ3n) is 4.16. The Labute approximate surface area is 112 Å². The molecule has 5 heteroatoms. The second-order valence-electron chi connectivity index (χ2n) is 5.32. The van der Waals surface area contributed by atoms with Gasteiger partial charge in [0.15, 0.2) is 5.69 Å². The van der Waals surface area contributed by atoms with Crippen molar-refractivity contribution in [3.05, 3.63) is 30.2 Å². The first-order chi connectivity index (χ1) is 9.20. The van der Waals surface area contributed by atoms with Crippen LogP contribution in [0.2, 0.25) is 0 Å². The van der Waals surface area contributed by atoms with Crippen molar-refractivity contribution < 1.29 is 9.32 Å². The van der Waals surface area contributed by atoms with E-state index in [-0.39, 0.29) is 5.91 Å². The molecule has 102 valence electrons. The molecule has 0 bridgehead atoms. The topological polar surface area (TPSA) is 49.6 Å². The van der Waals surface area contributed by atoms with Crippen molar-refractivity contribution in [2.75, 3.05) is 19.6 Å². The smallest absolute Gasteiger partial charge is 0.276 e. The van der Waals surface area contributed by atoms with Gasteiger partial charge in [-0.05, 0) is 19.8 Å². The summed E-state index contributed by atoms with van der Waals surface area (Å²) in [5, 5.41) is 3.83. The summed E-state index contributed by atoms with van der Waals surface area (Å²) in [4.78, 5) is 16.8. The Kier molecular flexibility index (Phi) is 3.14. The van der Waals surface area contributed by atoms with E-state index < -0.39 is 0 Å². The molecule has 0 aliphatic carbocycles. The summed E-state index contributed by atoms with van der Waals surface area (Å²) in [6, 6.07) is 2.52. The third-order valence-corrected chi connectivity index (χ3v) is 4.16. The molecule has 2 fully saturated rings. The monoisotopic (exact) mass is 261 g/mol. The molecule has 2 saturated heterocycles. The Morgan fingerprint density at radius 1 is 1.53 bits per heavy atom. The first-order valence-corrected chi connectivity index (χ1v) is 6.80. The molecule has 0 radical (unpaired) electrons.